The van der Waals surface area contributed by atoms with E-state index < -0.39 is 0 Å². The maximum absolute atomic E-state index is 12.0. The van der Waals surface area contributed by atoms with E-state index in [4.69, 9.17) is 23.2 Å². The van der Waals surface area contributed by atoms with Crippen LogP contribution in [0.2, 0.25) is 10.0 Å². The first-order valence-electron chi connectivity index (χ1n) is 5.50. The third kappa shape index (κ3) is 2.23. The Hall–Kier alpha value is -1.84. The number of rotatable bonds is 1. The van der Waals surface area contributed by atoms with Crippen molar-refractivity contribution >= 4 is 34.2 Å². The molecule has 0 saturated heterocycles. The largest absolute Gasteiger partial charge is 0.268 e. The molecule has 5 heteroatoms. The molecule has 93 valence electrons. The summed E-state index contributed by atoms with van der Waals surface area (Å²) in [6.07, 6.45) is 1.63. The molecule has 2 aromatic heterocycles. The molecule has 3 rings (SSSR count). The van der Waals surface area contributed by atoms with E-state index in [1.54, 1.807) is 36.5 Å². The van der Waals surface area contributed by atoms with Crippen molar-refractivity contribution in [3.63, 3.8) is 0 Å². The molecule has 19 heavy (non-hydrogen) atoms. The Kier molecular flexibility index (Phi) is 3.01. The van der Waals surface area contributed by atoms with Crippen molar-refractivity contribution in [3.8, 4) is 5.69 Å². The first kappa shape index (κ1) is 12.2. The van der Waals surface area contributed by atoms with Crippen LogP contribution in [0.4, 0.5) is 0 Å². The van der Waals surface area contributed by atoms with Crippen LogP contribution in [0, 0.1) is 6.07 Å². The molecule has 0 fully saturated rings. The third-order valence-electron chi connectivity index (χ3n) is 2.69. The number of benzene rings is 1. The lowest BCUT2D eigenvalue weighted by molar-refractivity contribution is 1.01. The van der Waals surface area contributed by atoms with Crippen LogP contribution in [0.3, 0.4) is 0 Å². The van der Waals surface area contributed by atoms with Gasteiger partial charge in [-0.3, -0.25) is 9.36 Å². The number of hydrogen-bond acceptors (Lipinski definition) is 2. The highest BCUT2D eigenvalue weighted by molar-refractivity contribution is 6.34. The molecule has 3 aromatic rings. The standard InChI is InChI=1S/C14H7Cl2N2O/c15-10-6-11(16)8-12(7-10)18-13(19)4-3-9-2-1-5-17-14(9)18/h1-3,5-8H. The molecular weight excluding hydrogens is 283 g/mol. The molecule has 3 nitrogen and oxygen atoms in total. The van der Waals surface area contributed by atoms with Crippen LogP contribution in [0.15, 0.2) is 47.4 Å². The topological polar surface area (TPSA) is 34.9 Å². The zero-order valence-corrected chi connectivity index (χ0v) is 11.1. The SMILES string of the molecule is O=c1[c]cc2cccnc2n1-c1cc(Cl)cc(Cl)c1. The summed E-state index contributed by atoms with van der Waals surface area (Å²) in [6.45, 7) is 0. The van der Waals surface area contributed by atoms with Gasteiger partial charge in [-0.05, 0) is 36.4 Å². The predicted octanol–water partition coefficient (Wildman–Crippen LogP) is 3.49. The summed E-state index contributed by atoms with van der Waals surface area (Å²) >= 11 is 11.9. The second kappa shape index (κ2) is 4.68. The quantitative estimate of drug-likeness (QED) is 0.687. The zero-order chi connectivity index (χ0) is 13.4. The van der Waals surface area contributed by atoms with Gasteiger partial charge in [0.2, 0.25) is 0 Å². The highest BCUT2D eigenvalue weighted by atomic mass is 35.5. The number of pyridine rings is 2. The van der Waals surface area contributed by atoms with E-state index in [2.05, 4.69) is 11.1 Å². The molecule has 0 aliphatic carbocycles. The molecule has 0 saturated carbocycles. The Morgan fingerprint density at radius 1 is 1.16 bits per heavy atom. The van der Waals surface area contributed by atoms with Crippen molar-refractivity contribution in [1.82, 2.24) is 9.55 Å². The molecule has 0 N–H and O–H groups in total. The summed E-state index contributed by atoms with van der Waals surface area (Å²) in [4.78, 5) is 16.3. The van der Waals surface area contributed by atoms with Crippen molar-refractivity contribution < 1.29 is 0 Å². The lowest BCUT2D eigenvalue weighted by Crippen LogP contribution is -2.18. The monoisotopic (exact) mass is 289 g/mol. The summed E-state index contributed by atoms with van der Waals surface area (Å²) in [5, 5.41) is 1.74. The average Bonchev–Trinajstić information content (AvgIpc) is 2.37. The highest BCUT2D eigenvalue weighted by Gasteiger charge is 2.08. The minimum Gasteiger partial charge on any atom is -0.268 e. The van der Waals surface area contributed by atoms with E-state index in [1.807, 2.05) is 6.07 Å². The van der Waals surface area contributed by atoms with Gasteiger partial charge in [0, 0.05) is 21.6 Å². The molecule has 0 unspecified atom stereocenters. The van der Waals surface area contributed by atoms with Gasteiger partial charge in [0.05, 0.1) is 11.8 Å². The highest BCUT2D eigenvalue weighted by Crippen LogP contribution is 2.22. The Morgan fingerprint density at radius 2 is 1.89 bits per heavy atom. The summed E-state index contributed by atoms with van der Waals surface area (Å²) in [5.74, 6) is 0. The fourth-order valence-electron chi connectivity index (χ4n) is 1.92. The molecule has 0 aliphatic rings. The van der Waals surface area contributed by atoms with Crippen LogP contribution < -0.4 is 5.56 Å². The number of nitrogens with zero attached hydrogens (tertiary/aromatic N) is 2. The van der Waals surface area contributed by atoms with Crippen LogP contribution in [-0.2, 0) is 0 Å². The molecule has 0 atom stereocenters. The maximum atomic E-state index is 12.0. The number of hydrogen-bond donors (Lipinski definition) is 0. The minimum atomic E-state index is -0.301. The second-order valence-corrected chi connectivity index (χ2v) is 4.85. The van der Waals surface area contributed by atoms with Crippen LogP contribution in [0.5, 0.6) is 0 Å². The van der Waals surface area contributed by atoms with Crippen molar-refractivity contribution in [3.05, 3.63) is 69.1 Å². The average molecular weight is 290 g/mol. The fraction of sp³-hybridized carbons (Fsp3) is 0. The summed E-state index contributed by atoms with van der Waals surface area (Å²) in [5.41, 5.74) is 0.817. The molecule has 0 bridgehead atoms. The normalized spacial score (nSPS) is 10.8. The van der Waals surface area contributed by atoms with Crippen molar-refractivity contribution in [2.45, 2.75) is 0 Å². The van der Waals surface area contributed by atoms with E-state index in [0.29, 0.717) is 21.4 Å². The van der Waals surface area contributed by atoms with E-state index in [0.717, 1.165) is 5.39 Å². The van der Waals surface area contributed by atoms with E-state index in [1.165, 1.54) is 4.57 Å². The van der Waals surface area contributed by atoms with Crippen molar-refractivity contribution in [2.24, 2.45) is 0 Å². The smallest absolute Gasteiger partial charge is 0.264 e. The Balaban J connectivity index is 2.41. The van der Waals surface area contributed by atoms with Crippen molar-refractivity contribution in [1.29, 1.82) is 0 Å². The molecular formula is C14H7Cl2N2O. The van der Waals surface area contributed by atoms with Gasteiger partial charge in [-0.2, -0.15) is 0 Å². The summed E-state index contributed by atoms with van der Waals surface area (Å²) in [6, 6.07) is 12.9. The number of fused-ring (bicyclic) bond motifs is 1. The third-order valence-corrected chi connectivity index (χ3v) is 3.12. The Morgan fingerprint density at radius 3 is 2.63 bits per heavy atom. The predicted molar refractivity (Wildman–Crippen MR) is 76.2 cm³/mol. The Labute approximate surface area is 119 Å². The molecule has 0 amide bonds. The first-order valence-corrected chi connectivity index (χ1v) is 6.26. The van der Waals surface area contributed by atoms with Gasteiger partial charge in [0.25, 0.3) is 5.56 Å². The lowest BCUT2D eigenvalue weighted by atomic mass is 10.2. The molecule has 0 spiro atoms. The van der Waals surface area contributed by atoms with Crippen molar-refractivity contribution in [2.75, 3.05) is 0 Å². The van der Waals surface area contributed by atoms with Crippen LogP contribution >= 0.6 is 23.2 Å². The Bertz CT molecular complexity index is 807. The van der Waals surface area contributed by atoms with Gasteiger partial charge in [-0.1, -0.05) is 23.2 Å². The fourth-order valence-corrected chi connectivity index (χ4v) is 2.43. The van der Waals surface area contributed by atoms with Gasteiger partial charge in [-0.25, -0.2) is 4.98 Å². The molecule has 2 heterocycles. The van der Waals surface area contributed by atoms with Gasteiger partial charge >= 0.3 is 0 Å². The van der Waals surface area contributed by atoms with Gasteiger partial charge in [0.15, 0.2) is 0 Å². The number of halogens is 2. The van der Waals surface area contributed by atoms with Gasteiger partial charge < -0.3 is 0 Å². The minimum absolute atomic E-state index is 0.301. The summed E-state index contributed by atoms with van der Waals surface area (Å²) < 4.78 is 1.44. The lowest BCUT2D eigenvalue weighted by Gasteiger charge is -2.09. The van der Waals surface area contributed by atoms with Gasteiger partial charge in [-0.15, -0.1) is 0 Å². The van der Waals surface area contributed by atoms with Crippen LogP contribution in [-0.4, -0.2) is 9.55 Å². The second-order valence-electron chi connectivity index (χ2n) is 3.97. The molecule has 0 aliphatic heterocycles. The zero-order valence-electron chi connectivity index (χ0n) is 9.60. The maximum Gasteiger partial charge on any atom is 0.264 e. The first-order chi connectivity index (χ1) is 9.15. The van der Waals surface area contributed by atoms with Crippen LogP contribution in [0.25, 0.3) is 16.7 Å². The van der Waals surface area contributed by atoms with Crippen LogP contribution in [0.1, 0.15) is 0 Å². The van der Waals surface area contributed by atoms with Gasteiger partial charge in [0.1, 0.15) is 5.65 Å². The van der Waals surface area contributed by atoms with E-state index in [9.17, 15) is 4.79 Å². The molecule has 1 aromatic carbocycles. The van der Waals surface area contributed by atoms with E-state index in [-0.39, 0.29) is 5.56 Å². The van der Waals surface area contributed by atoms with E-state index >= 15 is 0 Å². The number of aromatic nitrogens is 2. The summed E-state index contributed by atoms with van der Waals surface area (Å²) in [7, 11) is 0. The molecule has 1 radical (unpaired) electrons.